The Balaban J connectivity index is 2.22. The number of benzene rings is 1. The molecule has 1 nitrogen and oxygen atoms in total. The first-order valence-corrected chi connectivity index (χ1v) is 6.96. The highest BCUT2D eigenvalue weighted by Crippen LogP contribution is 2.28. The molecule has 1 aliphatic heterocycles. The van der Waals surface area contributed by atoms with Crippen molar-refractivity contribution in [1.82, 2.24) is 0 Å². The number of ketones is 1. The summed E-state index contributed by atoms with van der Waals surface area (Å²) < 4.78 is 0. The Morgan fingerprint density at radius 2 is 2.12 bits per heavy atom. The van der Waals surface area contributed by atoms with Crippen LogP contribution < -0.4 is 0 Å². The second-order valence-corrected chi connectivity index (χ2v) is 5.85. The molecule has 0 saturated carbocycles. The van der Waals surface area contributed by atoms with Crippen molar-refractivity contribution >= 4 is 17.5 Å². The summed E-state index contributed by atoms with van der Waals surface area (Å²) in [5.41, 5.74) is 3.22. The van der Waals surface area contributed by atoms with Crippen LogP contribution in [-0.2, 0) is 0 Å². The van der Waals surface area contributed by atoms with E-state index in [1.54, 1.807) is 0 Å². The van der Waals surface area contributed by atoms with E-state index in [4.69, 9.17) is 0 Å². The quantitative estimate of drug-likeness (QED) is 0.725. The number of thioether (sulfide) groups is 1. The SMILES string of the molecule is Cc1ccc(C)c(C(=O)C2CCCCS2)c1. The molecule has 1 fully saturated rings. The van der Waals surface area contributed by atoms with Crippen molar-refractivity contribution in [3.63, 3.8) is 0 Å². The van der Waals surface area contributed by atoms with E-state index < -0.39 is 0 Å². The summed E-state index contributed by atoms with van der Waals surface area (Å²) >= 11 is 1.83. The molecule has 1 atom stereocenters. The first-order chi connectivity index (χ1) is 7.68. The Morgan fingerprint density at radius 1 is 1.31 bits per heavy atom. The fourth-order valence-corrected chi connectivity index (χ4v) is 3.39. The van der Waals surface area contributed by atoms with Gasteiger partial charge in [0.2, 0.25) is 0 Å². The van der Waals surface area contributed by atoms with Crippen molar-refractivity contribution in [2.75, 3.05) is 5.75 Å². The van der Waals surface area contributed by atoms with Gasteiger partial charge in [-0.2, -0.15) is 11.8 Å². The van der Waals surface area contributed by atoms with E-state index in [0.29, 0.717) is 5.78 Å². The number of carbonyl (C=O) groups is 1. The highest BCUT2D eigenvalue weighted by molar-refractivity contribution is 8.00. The molecule has 0 amide bonds. The molecule has 0 aromatic heterocycles. The lowest BCUT2D eigenvalue weighted by molar-refractivity contribution is 0.0984. The lowest BCUT2D eigenvalue weighted by Crippen LogP contribution is -2.21. The second kappa shape index (κ2) is 5.05. The zero-order chi connectivity index (χ0) is 11.5. The highest BCUT2D eigenvalue weighted by atomic mass is 32.2. The predicted molar refractivity (Wildman–Crippen MR) is 70.3 cm³/mol. The normalized spacial score (nSPS) is 20.8. The molecule has 0 aliphatic carbocycles. The Hall–Kier alpha value is -0.760. The third kappa shape index (κ3) is 2.49. The van der Waals surface area contributed by atoms with Crippen LogP contribution in [0.25, 0.3) is 0 Å². The van der Waals surface area contributed by atoms with Gasteiger partial charge in [-0.05, 0) is 44.1 Å². The summed E-state index contributed by atoms with van der Waals surface area (Å²) in [7, 11) is 0. The van der Waals surface area contributed by atoms with Gasteiger partial charge in [0.25, 0.3) is 0 Å². The summed E-state index contributed by atoms with van der Waals surface area (Å²) in [6, 6.07) is 6.16. The van der Waals surface area contributed by atoms with Crippen LogP contribution in [0.5, 0.6) is 0 Å². The van der Waals surface area contributed by atoms with Crippen LogP contribution in [0.3, 0.4) is 0 Å². The van der Waals surface area contributed by atoms with E-state index in [1.165, 1.54) is 18.4 Å². The molecule has 0 bridgehead atoms. The van der Waals surface area contributed by atoms with Gasteiger partial charge in [-0.3, -0.25) is 4.79 Å². The zero-order valence-electron chi connectivity index (χ0n) is 9.95. The lowest BCUT2D eigenvalue weighted by atomic mass is 9.98. The summed E-state index contributed by atoms with van der Waals surface area (Å²) in [4.78, 5) is 12.4. The minimum Gasteiger partial charge on any atom is -0.293 e. The minimum atomic E-state index is 0.203. The van der Waals surface area contributed by atoms with E-state index >= 15 is 0 Å². The standard InChI is InChI=1S/C14H18OS/c1-10-6-7-11(2)12(9-10)14(15)13-5-3-4-8-16-13/h6-7,9,13H,3-5,8H2,1-2H3. The van der Waals surface area contributed by atoms with Crippen LogP contribution in [0.2, 0.25) is 0 Å². The Morgan fingerprint density at radius 3 is 2.81 bits per heavy atom. The molecule has 0 N–H and O–H groups in total. The summed E-state index contributed by atoms with van der Waals surface area (Å²) in [5, 5.41) is 0.203. The maximum atomic E-state index is 12.4. The first kappa shape index (κ1) is 11.7. The predicted octanol–water partition coefficient (Wildman–Crippen LogP) is 3.77. The molecule has 1 aromatic carbocycles. The number of carbonyl (C=O) groups excluding carboxylic acids is 1. The van der Waals surface area contributed by atoms with Crippen LogP contribution in [0, 0.1) is 13.8 Å². The summed E-state index contributed by atoms with van der Waals surface area (Å²) in [6.07, 6.45) is 3.52. The van der Waals surface area contributed by atoms with Gasteiger partial charge in [0.1, 0.15) is 0 Å². The Kier molecular flexibility index (Phi) is 3.70. The van der Waals surface area contributed by atoms with Gasteiger partial charge in [0.05, 0.1) is 5.25 Å². The van der Waals surface area contributed by atoms with Gasteiger partial charge < -0.3 is 0 Å². The lowest BCUT2D eigenvalue weighted by Gasteiger charge is -2.20. The highest BCUT2D eigenvalue weighted by Gasteiger charge is 2.23. The largest absolute Gasteiger partial charge is 0.293 e. The smallest absolute Gasteiger partial charge is 0.176 e. The molecule has 86 valence electrons. The topological polar surface area (TPSA) is 17.1 Å². The summed E-state index contributed by atoms with van der Waals surface area (Å²) in [5.74, 6) is 1.48. The van der Waals surface area contributed by atoms with E-state index in [9.17, 15) is 4.79 Å². The van der Waals surface area contributed by atoms with Gasteiger partial charge in [-0.25, -0.2) is 0 Å². The molecule has 16 heavy (non-hydrogen) atoms. The number of rotatable bonds is 2. The molecular weight excluding hydrogens is 216 g/mol. The monoisotopic (exact) mass is 234 g/mol. The Bertz CT molecular complexity index is 392. The molecular formula is C14H18OS. The first-order valence-electron chi connectivity index (χ1n) is 5.91. The number of hydrogen-bond donors (Lipinski definition) is 0. The molecule has 1 unspecified atom stereocenters. The van der Waals surface area contributed by atoms with Crippen molar-refractivity contribution < 1.29 is 4.79 Å². The van der Waals surface area contributed by atoms with Gasteiger partial charge in [-0.15, -0.1) is 0 Å². The number of hydrogen-bond acceptors (Lipinski definition) is 2. The average Bonchev–Trinajstić information content (AvgIpc) is 2.32. The maximum absolute atomic E-state index is 12.4. The van der Waals surface area contributed by atoms with Gasteiger partial charge in [0, 0.05) is 5.56 Å². The van der Waals surface area contributed by atoms with E-state index in [1.807, 2.05) is 31.7 Å². The third-order valence-electron chi connectivity index (χ3n) is 3.13. The molecule has 2 rings (SSSR count). The zero-order valence-corrected chi connectivity index (χ0v) is 10.8. The van der Waals surface area contributed by atoms with Crippen molar-refractivity contribution in [2.24, 2.45) is 0 Å². The van der Waals surface area contributed by atoms with Crippen molar-refractivity contribution in [3.8, 4) is 0 Å². The third-order valence-corrected chi connectivity index (χ3v) is 4.51. The van der Waals surface area contributed by atoms with E-state index in [-0.39, 0.29) is 5.25 Å². The molecule has 1 aromatic rings. The van der Waals surface area contributed by atoms with Crippen molar-refractivity contribution in [3.05, 3.63) is 34.9 Å². The number of Topliss-reactive ketones (excluding diaryl/α,β-unsaturated/α-hetero) is 1. The van der Waals surface area contributed by atoms with Crippen LogP contribution in [0.15, 0.2) is 18.2 Å². The molecule has 0 spiro atoms. The summed E-state index contributed by atoms with van der Waals surface area (Å²) in [6.45, 7) is 4.07. The maximum Gasteiger partial charge on any atom is 0.176 e. The fourth-order valence-electron chi connectivity index (χ4n) is 2.12. The van der Waals surface area contributed by atoms with Crippen molar-refractivity contribution in [1.29, 1.82) is 0 Å². The van der Waals surface area contributed by atoms with Crippen LogP contribution in [0.1, 0.15) is 40.7 Å². The Labute approximate surface area is 102 Å². The minimum absolute atomic E-state index is 0.203. The second-order valence-electron chi connectivity index (χ2n) is 4.54. The van der Waals surface area contributed by atoms with E-state index in [0.717, 1.165) is 23.3 Å². The average molecular weight is 234 g/mol. The molecule has 1 saturated heterocycles. The van der Waals surface area contributed by atoms with Gasteiger partial charge in [-0.1, -0.05) is 24.1 Å². The molecule has 2 heteroatoms. The molecule has 1 aliphatic rings. The molecule has 0 radical (unpaired) electrons. The van der Waals surface area contributed by atoms with E-state index in [2.05, 4.69) is 12.1 Å². The van der Waals surface area contributed by atoms with Crippen LogP contribution >= 0.6 is 11.8 Å². The van der Waals surface area contributed by atoms with Gasteiger partial charge in [0.15, 0.2) is 5.78 Å². The molecule has 1 heterocycles. The number of aryl methyl sites for hydroxylation is 2. The van der Waals surface area contributed by atoms with Gasteiger partial charge >= 0.3 is 0 Å². The van der Waals surface area contributed by atoms with Crippen LogP contribution in [-0.4, -0.2) is 16.8 Å². The van der Waals surface area contributed by atoms with Crippen LogP contribution in [0.4, 0.5) is 0 Å². The fraction of sp³-hybridized carbons (Fsp3) is 0.500. The van der Waals surface area contributed by atoms with Crippen molar-refractivity contribution in [2.45, 2.75) is 38.4 Å².